The Labute approximate surface area is 146 Å². The number of rotatable bonds is 8. The first kappa shape index (κ1) is 21.8. The lowest BCUT2D eigenvalue weighted by Gasteiger charge is -2.37. The summed E-state index contributed by atoms with van der Waals surface area (Å²) < 4.78 is 29.0. The van der Waals surface area contributed by atoms with Crippen molar-refractivity contribution < 1.29 is 18.5 Å². The van der Waals surface area contributed by atoms with Crippen LogP contribution in [0.15, 0.2) is 0 Å². The number of nitrogens with zero attached hydrogens (tertiary/aromatic N) is 2. The highest BCUT2D eigenvalue weighted by Gasteiger charge is 2.47. The lowest BCUT2D eigenvalue weighted by molar-refractivity contribution is 0.235. The van der Waals surface area contributed by atoms with Crippen LogP contribution in [-0.2, 0) is 10.2 Å². The molecule has 0 spiro atoms. The molecule has 0 saturated carbocycles. The highest BCUT2D eigenvalue weighted by molar-refractivity contribution is 7.86. The minimum Gasteiger partial charge on any atom is -0.427 e. The van der Waals surface area contributed by atoms with E-state index in [0.717, 1.165) is 0 Å². The molecule has 24 heavy (non-hydrogen) atoms. The van der Waals surface area contributed by atoms with Gasteiger partial charge in [0.05, 0.1) is 0 Å². The van der Waals surface area contributed by atoms with E-state index in [-0.39, 0.29) is 31.9 Å². The highest BCUT2D eigenvalue weighted by atomic mass is 32.2. The van der Waals surface area contributed by atoms with Gasteiger partial charge in [0.15, 0.2) is 0 Å². The normalized spacial score (nSPS) is 26.3. The SMILES string of the molecule is CC(C)(C)N(CCN)S(=O)(=O)N1C[C@H](CCCB(O)O)[C@@](C)(N)C1. The van der Waals surface area contributed by atoms with Gasteiger partial charge in [0, 0.05) is 37.3 Å². The second kappa shape index (κ2) is 7.98. The summed E-state index contributed by atoms with van der Waals surface area (Å²) in [7, 11) is -4.99. The van der Waals surface area contributed by atoms with Crippen molar-refractivity contribution in [2.45, 2.75) is 57.9 Å². The third kappa shape index (κ3) is 5.39. The summed E-state index contributed by atoms with van der Waals surface area (Å²) in [5.41, 5.74) is 10.7. The van der Waals surface area contributed by atoms with E-state index >= 15 is 0 Å². The Kier molecular flexibility index (Phi) is 7.26. The predicted molar refractivity (Wildman–Crippen MR) is 96.3 cm³/mol. The number of hydrogen-bond donors (Lipinski definition) is 4. The third-order valence-electron chi connectivity index (χ3n) is 4.57. The van der Waals surface area contributed by atoms with Crippen molar-refractivity contribution in [3.63, 3.8) is 0 Å². The minimum atomic E-state index is -3.66. The summed E-state index contributed by atoms with van der Waals surface area (Å²) >= 11 is 0. The summed E-state index contributed by atoms with van der Waals surface area (Å²) in [5.74, 6) is -0.0225. The molecular weight excluding hydrogens is 331 g/mol. The monoisotopic (exact) mass is 364 g/mol. The molecule has 1 rings (SSSR count). The summed E-state index contributed by atoms with van der Waals surface area (Å²) in [4.78, 5) is 0. The molecule has 8 nitrogen and oxygen atoms in total. The van der Waals surface area contributed by atoms with Crippen LogP contribution in [0.1, 0.15) is 40.5 Å². The fourth-order valence-electron chi connectivity index (χ4n) is 3.23. The smallest absolute Gasteiger partial charge is 0.427 e. The van der Waals surface area contributed by atoms with Crippen molar-refractivity contribution >= 4 is 17.3 Å². The largest absolute Gasteiger partial charge is 0.451 e. The van der Waals surface area contributed by atoms with Gasteiger partial charge in [0.25, 0.3) is 10.2 Å². The van der Waals surface area contributed by atoms with Crippen LogP contribution < -0.4 is 11.5 Å². The van der Waals surface area contributed by atoms with Crippen LogP contribution in [0.3, 0.4) is 0 Å². The molecule has 0 aliphatic carbocycles. The quantitative estimate of drug-likeness (QED) is 0.417. The molecule has 0 aromatic rings. The highest BCUT2D eigenvalue weighted by Crippen LogP contribution is 2.33. The van der Waals surface area contributed by atoms with E-state index in [1.54, 1.807) is 0 Å². The van der Waals surface area contributed by atoms with Crippen LogP contribution >= 0.6 is 0 Å². The number of hydrogen-bond acceptors (Lipinski definition) is 6. The molecular formula is C14H33BN4O4S. The number of nitrogens with two attached hydrogens (primary N) is 2. The summed E-state index contributed by atoms with van der Waals surface area (Å²) in [6.07, 6.45) is 1.51. The van der Waals surface area contributed by atoms with Gasteiger partial charge in [-0.3, -0.25) is 0 Å². The summed E-state index contributed by atoms with van der Waals surface area (Å²) in [6.45, 7) is 8.49. The van der Waals surface area contributed by atoms with Crippen LogP contribution in [0.25, 0.3) is 0 Å². The molecule has 6 N–H and O–H groups in total. The molecule has 0 radical (unpaired) electrons. The van der Waals surface area contributed by atoms with Gasteiger partial charge in [-0.05, 0) is 46.4 Å². The zero-order chi connectivity index (χ0) is 18.8. The van der Waals surface area contributed by atoms with Gasteiger partial charge in [-0.1, -0.05) is 6.42 Å². The lowest BCUT2D eigenvalue weighted by Crippen LogP contribution is -2.54. The Hall–Kier alpha value is -0.225. The molecule has 10 heteroatoms. The minimum absolute atomic E-state index is 0.0225. The average Bonchev–Trinajstić information content (AvgIpc) is 2.70. The van der Waals surface area contributed by atoms with E-state index in [2.05, 4.69) is 0 Å². The first-order chi connectivity index (χ1) is 10.8. The van der Waals surface area contributed by atoms with Gasteiger partial charge < -0.3 is 21.5 Å². The molecule has 1 saturated heterocycles. The van der Waals surface area contributed by atoms with E-state index in [1.807, 2.05) is 27.7 Å². The van der Waals surface area contributed by atoms with Crippen molar-refractivity contribution in [3.05, 3.63) is 0 Å². The molecule has 0 aromatic heterocycles. The zero-order valence-corrected chi connectivity index (χ0v) is 16.1. The lowest BCUT2D eigenvalue weighted by atomic mass is 9.79. The molecule has 1 heterocycles. The first-order valence-electron chi connectivity index (χ1n) is 8.45. The standard InChI is InChI=1S/C14H33BN4O4S/c1-13(2,3)19(9-8-16)24(22,23)18-10-12(14(4,17)11-18)6-5-7-15(20)21/h12,20-21H,5-11,16-17H2,1-4H3/t12-,14-/m0/s1. The Bertz CT molecular complexity index is 507. The second-order valence-corrected chi connectivity index (χ2v) is 9.80. The van der Waals surface area contributed by atoms with E-state index < -0.39 is 28.4 Å². The fourth-order valence-corrected chi connectivity index (χ4v) is 5.34. The van der Waals surface area contributed by atoms with E-state index in [1.165, 1.54) is 8.61 Å². The van der Waals surface area contributed by atoms with Gasteiger partial charge in [0.1, 0.15) is 0 Å². The summed E-state index contributed by atoms with van der Waals surface area (Å²) in [6, 6.07) is 0. The van der Waals surface area contributed by atoms with E-state index in [4.69, 9.17) is 21.5 Å². The van der Waals surface area contributed by atoms with Gasteiger partial charge in [0.2, 0.25) is 0 Å². The van der Waals surface area contributed by atoms with Crippen LogP contribution in [-0.4, -0.2) is 71.5 Å². The molecule has 0 amide bonds. The molecule has 1 aliphatic heterocycles. The molecule has 1 aliphatic rings. The Morgan fingerprint density at radius 2 is 1.96 bits per heavy atom. The Morgan fingerprint density at radius 3 is 2.42 bits per heavy atom. The zero-order valence-electron chi connectivity index (χ0n) is 15.3. The third-order valence-corrected chi connectivity index (χ3v) is 6.79. The molecule has 0 aromatic carbocycles. The van der Waals surface area contributed by atoms with Crippen LogP contribution in [0.2, 0.25) is 6.32 Å². The van der Waals surface area contributed by atoms with Gasteiger partial charge in [-0.15, -0.1) is 0 Å². The molecule has 1 fully saturated rings. The Balaban J connectivity index is 2.90. The maximum absolute atomic E-state index is 13.0. The van der Waals surface area contributed by atoms with Crippen LogP contribution in [0, 0.1) is 5.92 Å². The molecule has 0 bridgehead atoms. The van der Waals surface area contributed by atoms with Crippen LogP contribution in [0.5, 0.6) is 0 Å². The van der Waals surface area contributed by atoms with Crippen LogP contribution in [0.4, 0.5) is 0 Å². The van der Waals surface area contributed by atoms with Crippen molar-refractivity contribution in [2.24, 2.45) is 17.4 Å². The van der Waals surface area contributed by atoms with Crippen molar-refractivity contribution in [1.82, 2.24) is 8.61 Å². The maximum atomic E-state index is 13.0. The van der Waals surface area contributed by atoms with Crippen molar-refractivity contribution in [3.8, 4) is 0 Å². The molecule has 2 atom stereocenters. The van der Waals surface area contributed by atoms with Crippen molar-refractivity contribution in [2.75, 3.05) is 26.2 Å². The predicted octanol–water partition coefficient (Wildman–Crippen LogP) is -0.807. The van der Waals surface area contributed by atoms with Crippen molar-refractivity contribution in [1.29, 1.82) is 0 Å². The summed E-state index contributed by atoms with van der Waals surface area (Å²) in [5, 5.41) is 17.9. The molecule has 0 unspecified atom stereocenters. The fraction of sp³-hybridized carbons (Fsp3) is 1.00. The van der Waals surface area contributed by atoms with E-state index in [9.17, 15) is 8.42 Å². The first-order valence-corrected chi connectivity index (χ1v) is 9.85. The van der Waals surface area contributed by atoms with Gasteiger partial charge in [-0.25, -0.2) is 0 Å². The molecule has 142 valence electrons. The maximum Gasteiger partial charge on any atom is 0.451 e. The second-order valence-electron chi connectivity index (χ2n) is 7.95. The van der Waals surface area contributed by atoms with Gasteiger partial charge in [-0.2, -0.15) is 17.0 Å². The topological polar surface area (TPSA) is 133 Å². The van der Waals surface area contributed by atoms with E-state index in [0.29, 0.717) is 19.4 Å². The Morgan fingerprint density at radius 1 is 1.38 bits per heavy atom. The van der Waals surface area contributed by atoms with Gasteiger partial charge >= 0.3 is 7.12 Å². The average molecular weight is 364 g/mol.